The monoisotopic (exact) mass is 530 g/mol. The Morgan fingerprint density at radius 3 is 1.65 bits per heavy atom. The van der Waals surface area contributed by atoms with Crippen molar-refractivity contribution in [2.75, 3.05) is 4.90 Å². The maximum atomic E-state index is 13.8. The van der Waals surface area contributed by atoms with Gasteiger partial charge >= 0.3 is 0 Å². The number of nitrogens with zero attached hydrogens (tertiary/aromatic N) is 2. The number of imide groups is 1. The zero-order chi connectivity index (χ0) is 28.9. The third-order valence-corrected chi connectivity index (χ3v) is 9.33. The molecule has 6 heteroatoms. The minimum Gasteiger partial charge on any atom is -0.506 e. The predicted octanol–water partition coefficient (Wildman–Crippen LogP) is 7.13. The number of fused-ring (bicyclic) bond motifs is 3. The molecular weight excluding hydrogens is 500 g/mol. The number of aromatic nitrogens is 1. The van der Waals surface area contributed by atoms with Crippen LogP contribution in [0.5, 0.6) is 0 Å². The highest BCUT2D eigenvalue weighted by atomic mass is 16.3. The molecule has 0 saturated carbocycles. The van der Waals surface area contributed by atoms with Crippen LogP contribution >= 0.6 is 0 Å². The lowest BCUT2D eigenvalue weighted by Crippen LogP contribution is -2.30. The Morgan fingerprint density at radius 1 is 0.600 bits per heavy atom. The van der Waals surface area contributed by atoms with Crippen molar-refractivity contribution in [3.8, 4) is 0 Å². The van der Waals surface area contributed by atoms with Crippen molar-refractivity contribution in [2.24, 2.45) is 0 Å². The lowest BCUT2D eigenvalue weighted by molar-refractivity contribution is 0.0925. The van der Waals surface area contributed by atoms with Gasteiger partial charge in [0.15, 0.2) is 5.78 Å². The van der Waals surface area contributed by atoms with E-state index in [0.29, 0.717) is 44.5 Å². The average molecular weight is 531 g/mol. The number of anilines is 1. The Morgan fingerprint density at radius 2 is 1.10 bits per heavy atom. The molecule has 0 radical (unpaired) electrons. The molecule has 0 unspecified atom stereocenters. The summed E-state index contributed by atoms with van der Waals surface area (Å²) in [7, 11) is 0. The quantitative estimate of drug-likeness (QED) is 0.279. The summed E-state index contributed by atoms with van der Waals surface area (Å²) in [6.07, 6.45) is 0. The maximum Gasteiger partial charge on any atom is 0.266 e. The second-order valence-corrected chi connectivity index (χ2v) is 11.0. The van der Waals surface area contributed by atoms with Crippen molar-refractivity contribution >= 4 is 45.5 Å². The van der Waals surface area contributed by atoms with Gasteiger partial charge in [0, 0.05) is 16.5 Å². The lowest BCUT2D eigenvalue weighted by atomic mass is 9.89. The molecule has 1 aromatic heterocycles. The number of aliphatic hydroxyl groups is 1. The van der Waals surface area contributed by atoms with E-state index in [1.807, 2.05) is 61.5 Å². The SMILES string of the molecule is Cc1c(C)c(C)c2c(c1C)C(=O)C(c1ccc3cccc(N4C(=O)c5c(C)c(C)c(C)c(C)c5C4=O)c3n1)=C2O. The second-order valence-electron chi connectivity index (χ2n) is 11.0. The summed E-state index contributed by atoms with van der Waals surface area (Å²) in [5, 5.41) is 12.1. The van der Waals surface area contributed by atoms with Gasteiger partial charge in [-0.15, -0.1) is 0 Å². The van der Waals surface area contributed by atoms with Gasteiger partial charge < -0.3 is 5.11 Å². The topological polar surface area (TPSA) is 87.6 Å². The van der Waals surface area contributed by atoms with Gasteiger partial charge in [-0.25, -0.2) is 9.88 Å². The molecule has 3 aromatic carbocycles. The average Bonchev–Trinajstić information content (AvgIpc) is 3.35. The first-order valence-electron chi connectivity index (χ1n) is 13.4. The van der Waals surface area contributed by atoms with Crippen molar-refractivity contribution in [3.63, 3.8) is 0 Å². The van der Waals surface area contributed by atoms with E-state index in [4.69, 9.17) is 4.98 Å². The molecule has 2 aliphatic rings. The highest BCUT2D eigenvalue weighted by molar-refractivity contribution is 6.40. The van der Waals surface area contributed by atoms with Crippen LogP contribution < -0.4 is 4.90 Å². The van der Waals surface area contributed by atoms with Gasteiger partial charge in [0.25, 0.3) is 11.8 Å². The third-order valence-electron chi connectivity index (χ3n) is 9.33. The predicted molar refractivity (Wildman–Crippen MR) is 157 cm³/mol. The molecule has 1 aliphatic carbocycles. The summed E-state index contributed by atoms with van der Waals surface area (Å²) in [5.41, 5.74) is 10.4. The van der Waals surface area contributed by atoms with Gasteiger partial charge in [-0.2, -0.15) is 0 Å². The summed E-state index contributed by atoms with van der Waals surface area (Å²) in [6.45, 7) is 15.5. The minimum atomic E-state index is -0.382. The number of amides is 2. The largest absolute Gasteiger partial charge is 0.506 e. The Kier molecular flexibility index (Phi) is 5.43. The number of benzene rings is 3. The molecule has 4 aromatic rings. The van der Waals surface area contributed by atoms with E-state index in [9.17, 15) is 19.5 Å². The number of carbonyl (C=O) groups is 3. The molecule has 2 heterocycles. The van der Waals surface area contributed by atoms with Crippen molar-refractivity contribution in [1.82, 2.24) is 4.98 Å². The number of pyridine rings is 1. The molecule has 6 nitrogen and oxygen atoms in total. The van der Waals surface area contributed by atoms with Crippen LogP contribution in [-0.2, 0) is 0 Å². The van der Waals surface area contributed by atoms with E-state index < -0.39 is 0 Å². The van der Waals surface area contributed by atoms with E-state index in [2.05, 4.69) is 0 Å². The van der Waals surface area contributed by atoms with Crippen molar-refractivity contribution in [3.05, 3.63) is 103 Å². The second kappa shape index (κ2) is 8.46. The van der Waals surface area contributed by atoms with Crippen LogP contribution in [0, 0.1) is 55.4 Å². The lowest BCUT2D eigenvalue weighted by Gasteiger charge is -2.17. The normalized spacial score (nSPS) is 14.6. The van der Waals surface area contributed by atoms with Crippen LogP contribution in [0.3, 0.4) is 0 Å². The van der Waals surface area contributed by atoms with Gasteiger partial charge in [0.1, 0.15) is 5.76 Å². The fourth-order valence-electron chi connectivity index (χ4n) is 6.32. The first-order valence-corrected chi connectivity index (χ1v) is 13.4. The zero-order valence-electron chi connectivity index (χ0n) is 24.0. The molecular formula is C34H30N2O4. The van der Waals surface area contributed by atoms with E-state index in [1.165, 1.54) is 4.90 Å². The molecule has 0 fully saturated rings. The third kappa shape index (κ3) is 3.10. The number of ketones is 1. The van der Waals surface area contributed by atoms with Crippen LogP contribution in [0.1, 0.15) is 86.8 Å². The summed E-state index contributed by atoms with van der Waals surface area (Å²) in [5.74, 6) is -1.14. The Bertz CT molecular complexity index is 1900. The standard InChI is InChI=1S/C34H30N2O4/c1-14-15(2)19(6)26-25(18(14)5)31(37)29(32(26)38)23-13-12-22-10-9-11-24(30(22)35-23)36-33(39)27-20(7)16(3)17(4)21(8)28(27)34(36)40/h9-13,37H,1-8H3. The number of allylic oxidation sites excluding steroid dienone is 1. The molecule has 200 valence electrons. The number of aliphatic hydroxyl groups excluding tert-OH is 1. The summed E-state index contributed by atoms with van der Waals surface area (Å²) < 4.78 is 0. The van der Waals surface area contributed by atoms with E-state index in [1.54, 1.807) is 24.3 Å². The van der Waals surface area contributed by atoms with Crippen LogP contribution in [0.25, 0.3) is 22.2 Å². The number of hydrogen-bond donors (Lipinski definition) is 1. The Labute approximate surface area is 233 Å². The molecule has 6 rings (SSSR count). The smallest absolute Gasteiger partial charge is 0.266 e. The fourth-order valence-corrected chi connectivity index (χ4v) is 6.32. The van der Waals surface area contributed by atoms with Gasteiger partial charge in [-0.3, -0.25) is 14.4 Å². The number of rotatable bonds is 2. The Balaban J connectivity index is 1.55. The van der Waals surface area contributed by atoms with E-state index >= 15 is 0 Å². The number of para-hydroxylation sites is 1. The van der Waals surface area contributed by atoms with Gasteiger partial charge in [-0.1, -0.05) is 18.2 Å². The number of carbonyl (C=O) groups excluding carboxylic acids is 3. The fraction of sp³-hybridized carbons (Fsp3) is 0.235. The highest BCUT2D eigenvalue weighted by Crippen LogP contribution is 2.43. The molecule has 40 heavy (non-hydrogen) atoms. The van der Waals surface area contributed by atoms with Gasteiger partial charge in [-0.05, 0) is 112 Å². The van der Waals surface area contributed by atoms with Crippen molar-refractivity contribution in [1.29, 1.82) is 0 Å². The maximum absolute atomic E-state index is 13.8. The van der Waals surface area contributed by atoms with Crippen molar-refractivity contribution in [2.45, 2.75) is 55.4 Å². The Hall–Kier alpha value is -4.58. The van der Waals surface area contributed by atoms with Crippen LogP contribution in [-0.4, -0.2) is 27.7 Å². The van der Waals surface area contributed by atoms with E-state index in [-0.39, 0.29) is 28.9 Å². The summed E-state index contributed by atoms with van der Waals surface area (Å²) in [6, 6.07) is 8.83. The molecule has 1 N–H and O–H groups in total. The van der Waals surface area contributed by atoms with Crippen molar-refractivity contribution < 1.29 is 19.5 Å². The highest BCUT2D eigenvalue weighted by Gasteiger charge is 2.41. The van der Waals surface area contributed by atoms with Crippen LogP contribution in [0.15, 0.2) is 30.3 Å². The van der Waals surface area contributed by atoms with E-state index in [0.717, 1.165) is 44.5 Å². The minimum absolute atomic E-state index is 0.0917. The zero-order valence-corrected chi connectivity index (χ0v) is 24.0. The molecule has 0 spiro atoms. The molecule has 0 atom stereocenters. The number of Topliss-reactive ketones (excluding diaryl/α,β-unsaturated/α-hetero) is 1. The van der Waals surface area contributed by atoms with Gasteiger partial charge in [0.05, 0.1) is 33.6 Å². The first-order chi connectivity index (χ1) is 18.9. The molecule has 2 amide bonds. The molecule has 0 bridgehead atoms. The van der Waals surface area contributed by atoms with Crippen LogP contribution in [0.2, 0.25) is 0 Å². The first kappa shape index (κ1) is 25.7. The summed E-state index contributed by atoms with van der Waals surface area (Å²) >= 11 is 0. The van der Waals surface area contributed by atoms with Crippen LogP contribution in [0.4, 0.5) is 5.69 Å². The molecule has 1 aliphatic heterocycles. The van der Waals surface area contributed by atoms with Gasteiger partial charge in [0.2, 0.25) is 0 Å². The summed E-state index contributed by atoms with van der Waals surface area (Å²) in [4.78, 5) is 47.3. The molecule has 0 saturated heterocycles. The number of hydrogen-bond acceptors (Lipinski definition) is 5.